The van der Waals surface area contributed by atoms with Gasteiger partial charge >= 0.3 is 0 Å². The van der Waals surface area contributed by atoms with Crippen LogP contribution in [0.4, 0.5) is 0 Å². The summed E-state index contributed by atoms with van der Waals surface area (Å²) in [7, 11) is 0. The highest BCUT2D eigenvalue weighted by molar-refractivity contribution is 5.14. The van der Waals surface area contributed by atoms with Gasteiger partial charge < -0.3 is 25.5 Å². The van der Waals surface area contributed by atoms with E-state index in [4.69, 9.17) is 0 Å². The number of rotatable bonds is 5. The molecule has 0 amide bonds. The lowest BCUT2D eigenvalue weighted by atomic mass is 9.43. The largest absolute Gasteiger partial charge is 0.393 e. The smallest absolute Gasteiger partial charge is 0.0849 e. The number of hydrogen-bond donors (Lipinski definition) is 5. The fourth-order valence-electron chi connectivity index (χ4n) is 9.11. The Bertz CT molecular complexity index is 675. The number of aliphatic hydroxyl groups excluding tert-OH is 4. The minimum absolute atomic E-state index is 0.103. The molecule has 32 heavy (non-hydrogen) atoms. The van der Waals surface area contributed by atoms with Crippen molar-refractivity contribution in [3.63, 3.8) is 0 Å². The fourth-order valence-corrected chi connectivity index (χ4v) is 9.11. The van der Waals surface area contributed by atoms with Gasteiger partial charge in [-0.25, -0.2) is 0 Å². The molecule has 0 heterocycles. The topological polar surface area (TPSA) is 101 Å². The zero-order chi connectivity index (χ0) is 23.6. The summed E-state index contributed by atoms with van der Waals surface area (Å²) in [5.41, 5.74) is -1.20. The molecule has 4 aliphatic carbocycles. The van der Waals surface area contributed by atoms with Crippen molar-refractivity contribution in [2.75, 3.05) is 0 Å². The van der Waals surface area contributed by atoms with Crippen molar-refractivity contribution in [1.29, 1.82) is 0 Å². The van der Waals surface area contributed by atoms with Gasteiger partial charge in [0.25, 0.3) is 0 Å². The number of hydrogen-bond acceptors (Lipinski definition) is 5. The summed E-state index contributed by atoms with van der Waals surface area (Å²) < 4.78 is 0. The van der Waals surface area contributed by atoms with Gasteiger partial charge in [-0.1, -0.05) is 20.8 Å². The van der Waals surface area contributed by atoms with Crippen LogP contribution in [-0.2, 0) is 0 Å². The van der Waals surface area contributed by atoms with Gasteiger partial charge in [0.05, 0.1) is 30.0 Å². The molecule has 5 nitrogen and oxygen atoms in total. The minimum atomic E-state index is -1.09. The molecular formula is C27H48O5. The van der Waals surface area contributed by atoms with Crippen molar-refractivity contribution in [1.82, 2.24) is 0 Å². The third kappa shape index (κ3) is 3.88. The second-order valence-corrected chi connectivity index (χ2v) is 13.2. The Morgan fingerprint density at radius 3 is 2.28 bits per heavy atom. The van der Waals surface area contributed by atoms with Gasteiger partial charge in [0.15, 0.2) is 0 Å². The highest BCUT2D eigenvalue weighted by atomic mass is 16.3. The maximum absolute atomic E-state index is 11.6. The summed E-state index contributed by atoms with van der Waals surface area (Å²) in [4.78, 5) is 0. The van der Waals surface area contributed by atoms with E-state index in [1.54, 1.807) is 13.8 Å². The molecule has 0 aromatic heterocycles. The molecule has 0 radical (unpaired) electrons. The first kappa shape index (κ1) is 24.9. The molecule has 0 unspecified atom stereocenters. The minimum Gasteiger partial charge on any atom is -0.393 e. The van der Waals surface area contributed by atoms with E-state index < -0.39 is 11.7 Å². The predicted molar refractivity (Wildman–Crippen MR) is 125 cm³/mol. The van der Waals surface area contributed by atoms with E-state index in [1.807, 2.05) is 0 Å². The van der Waals surface area contributed by atoms with Crippen LogP contribution in [0.25, 0.3) is 0 Å². The van der Waals surface area contributed by atoms with Crippen molar-refractivity contribution in [3.05, 3.63) is 0 Å². The molecule has 5 N–H and O–H groups in total. The summed E-state index contributed by atoms with van der Waals surface area (Å²) in [5.74, 6) is 1.94. The van der Waals surface area contributed by atoms with Crippen LogP contribution >= 0.6 is 0 Å². The molecule has 186 valence electrons. The average molecular weight is 453 g/mol. The van der Waals surface area contributed by atoms with Crippen molar-refractivity contribution in [2.24, 2.45) is 46.3 Å². The Hall–Kier alpha value is -0.200. The van der Waals surface area contributed by atoms with E-state index in [2.05, 4.69) is 20.8 Å². The van der Waals surface area contributed by atoms with Crippen molar-refractivity contribution in [2.45, 2.75) is 122 Å². The Labute approximate surface area is 194 Å². The molecule has 0 aliphatic heterocycles. The molecule has 4 saturated carbocycles. The van der Waals surface area contributed by atoms with E-state index in [0.717, 1.165) is 51.4 Å². The third-order valence-corrected chi connectivity index (χ3v) is 11.2. The normalized spacial score (nSPS) is 50.8. The summed E-state index contributed by atoms with van der Waals surface area (Å²) in [5, 5.41) is 53.7. The lowest BCUT2D eigenvalue weighted by Crippen LogP contribution is -2.62. The van der Waals surface area contributed by atoms with Gasteiger partial charge in [0, 0.05) is 0 Å². The molecule has 5 heteroatoms. The predicted octanol–water partition coefficient (Wildman–Crippen LogP) is 3.50. The monoisotopic (exact) mass is 452 g/mol. The van der Waals surface area contributed by atoms with Gasteiger partial charge in [-0.2, -0.15) is 0 Å². The Morgan fingerprint density at radius 1 is 0.938 bits per heavy atom. The van der Waals surface area contributed by atoms with E-state index in [1.165, 1.54) is 0 Å². The standard InChI is InChI=1S/C27H48O5/c1-15(6-9-22(30)25(2,3)32)18-7-8-19-24-20(14-23(31)27(18,19)5)26(4)11-10-17(28)12-16(26)13-21(24)29/h15-24,28-32H,6-14H2,1-5H3/t15-,16+,17-,18-,19+,20-,21-,22-,23+,24+,26+,27-/m1/s1. The SMILES string of the molecule is C[C@H](CC[C@@H](O)C(C)(C)O)[C@H]1CC[C@H]2[C@@H]3[C@H](O)C[C@@H]4C[C@H](O)CC[C@]4(C)[C@@H]3C[C@H](O)[C@]12C. The molecular weight excluding hydrogens is 404 g/mol. The first-order chi connectivity index (χ1) is 14.8. The Balaban J connectivity index is 1.54. The first-order valence-corrected chi connectivity index (χ1v) is 13.2. The van der Waals surface area contributed by atoms with Crippen LogP contribution in [-0.4, -0.2) is 55.5 Å². The van der Waals surface area contributed by atoms with Gasteiger partial charge in [0.1, 0.15) is 0 Å². The lowest BCUT2D eigenvalue weighted by Gasteiger charge is -2.63. The molecule has 0 spiro atoms. The zero-order valence-corrected chi connectivity index (χ0v) is 20.9. The number of fused-ring (bicyclic) bond motifs is 5. The maximum Gasteiger partial charge on any atom is 0.0849 e. The molecule has 0 bridgehead atoms. The van der Waals surface area contributed by atoms with E-state index >= 15 is 0 Å². The molecule has 0 saturated heterocycles. The van der Waals surface area contributed by atoms with Crippen molar-refractivity contribution in [3.8, 4) is 0 Å². The second kappa shape index (κ2) is 8.48. The van der Waals surface area contributed by atoms with Gasteiger partial charge in [-0.05, 0) is 118 Å². The second-order valence-electron chi connectivity index (χ2n) is 13.2. The average Bonchev–Trinajstić information content (AvgIpc) is 3.06. The van der Waals surface area contributed by atoms with Crippen molar-refractivity contribution >= 4 is 0 Å². The molecule has 4 fully saturated rings. The highest BCUT2D eigenvalue weighted by Crippen LogP contribution is 2.68. The van der Waals surface area contributed by atoms with E-state index in [9.17, 15) is 25.5 Å². The zero-order valence-electron chi connectivity index (χ0n) is 20.9. The van der Waals surface area contributed by atoms with Gasteiger partial charge in [0.2, 0.25) is 0 Å². The summed E-state index contributed by atoms with van der Waals surface area (Å²) in [6, 6.07) is 0. The van der Waals surface area contributed by atoms with Crippen LogP contribution in [0.1, 0.15) is 92.4 Å². The van der Waals surface area contributed by atoms with Crippen LogP contribution in [0, 0.1) is 46.3 Å². The van der Waals surface area contributed by atoms with Crippen LogP contribution in [0.5, 0.6) is 0 Å². The Morgan fingerprint density at radius 2 is 1.62 bits per heavy atom. The molecule has 12 atom stereocenters. The summed E-state index contributed by atoms with van der Waals surface area (Å²) in [6.07, 6.45) is 5.98. The highest BCUT2D eigenvalue weighted by Gasteiger charge is 2.65. The molecule has 0 aromatic carbocycles. The van der Waals surface area contributed by atoms with E-state index in [-0.39, 0.29) is 35.1 Å². The van der Waals surface area contributed by atoms with Gasteiger partial charge in [-0.3, -0.25) is 0 Å². The molecule has 4 aliphatic rings. The quantitative estimate of drug-likeness (QED) is 0.440. The lowest BCUT2D eigenvalue weighted by molar-refractivity contribution is -0.207. The summed E-state index contributed by atoms with van der Waals surface area (Å²) >= 11 is 0. The molecule has 4 rings (SSSR count). The van der Waals surface area contributed by atoms with Gasteiger partial charge in [-0.15, -0.1) is 0 Å². The number of aliphatic hydroxyl groups is 5. The summed E-state index contributed by atoms with van der Waals surface area (Å²) in [6.45, 7) is 10.2. The fraction of sp³-hybridized carbons (Fsp3) is 1.00. The maximum atomic E-state index is 11.6. The first-order valence-electron chi connectivity index (χ1n) is 13.2. The van der Waals surface area contributed by atoms with Crippen LogP contribution in [0.2, 0.25) is 0 Å². The van der Waals surface area contributed by atoms with Crippen LogP contribution in [0.3, 0.4) is 0 Å². The molecule has 0 aromatic rings. The van der Waals surface area contributed by atoms with Crippen molar-refractivity contribution < 1.29 is 25.5 Å². The third-order valence-electron chi connectivity index (χ3n) is 11.2. The van der Waals surface area contributed by atoms with Crippen LogP contribution in [0.15, 0.2) is 0 Å². The van der Waals surface area contributed by atoms with E-state index in [0.29, 0.717) is 36.0 Å². The Kier molecular flexibility index (Phi) is 6.60. The van der Waals surface area contributed by atoms with Crippen LogP contribution < -0.4 is 0 Å².